The number of carbonyl (C=O) groups is 1. The molecule has 0 aromatic carbocycles. The topological polar surface area (TPSA) is 17.1 Å². The molecule has 0 unspecified atom stereocenters. The van der Waals surface area contributed by atoms with Crippen molar-refractivity contribution in [3.63, 3.8) is 0 Å². The molecule has 0 N–H and O–H groups in total. The van der Waals surface area contributed by atoms with E-state index in [1.807, 2.05) is 6.08 Å². The summed E-state index contributed by atoms with van der Waals surface area (Å²) >= 11 is 0. The van der Waals surface area contributed by atoms with Crippen LogP contribution in [0.5, 0.6) is 0 Å². The van der Waals surface area contributed by atoms with E-state index >= 15 is 0 Å². The van der Waals surface area contributed by atoms with E-state index in [-0.39, 0.29) is 0 Å². The van der Waals surface area contributed by atoms with Gasteiger partial charge in [0, 0.05) is 6.42 Å². The first-order chi connectivity index (χ1) is 9.17. The second kappa shape index (κ2) is 4.07. The Morgan fingerprint density at radius 1 is 1.11 bits per heavy atom. The molecule has 4 aliphatic rings. The Kier molecular flexibility index (Phi) is 2.56. The smallest absolute Gasteiger partial charge is 0.155 e. The van der Waals surface area contributed by atoms with E-state index in [0.29, 0.717) is 11.2 Å². The van der Waals surface area contributed by atoms with Crippen molar-refractivity contribution in [2.24, 2.45) is 23.2 Å². The first kappa shape index (κ1) is 11.9. The van der Waals surface area contributed by atoms with Crippen molar-refractivity contribution >= 4 is 5.78 Å². The third-order valence-electron chi connectivity index (χ3n) is 6.49. The maximum atomic E-state index is 11.6. The maximum Gasteiger partial charge on any atom is 0.155 e. The number of rotatable bonds is 0. The van der Waals surface area contributed by atoms with Gasteiger partial charge in [-0.05, 0) is 74.2 Å². The van der Waals surface area contributed by atoms with Gasteiger partial charge in [-0.1, -0.05) is 24.1 Å². The Bertz CT molecular complexity index is 484. The lowest BCUT2D eigenvalue weighted by atomic mass is 9.54. The summed E-state index contributed by atoms with van der Waals surface area (Å²) in [6.45, 7) is 2.50. The van der Waals surface area contributed by atoms with Crippen LogP contribution in [-0.2, 0) is 4.79 Å². The van der Waals surface area contributed by atoms with Crippen molar-refractivity contribution < 1.29 is 4.79 Å². The summed E-state index contributed by atoms with van der Waals surface area (Å²) in [5.41, 5.74) is 3.84. The highest BCUT2D eigenvalue weighted by atomic mass is 16.1. The van der Waals surface area contributed by atoms with Gasteiger partial charge < -0.3 is 0 Å². The fraction of sp³-hybridized carbons (Fsp3) is 0.722. The molecule has 4 aliphatic carbocycles. The monoisotopic (exact) mass is 256 g/mol. The van der Waals surface area contributed by atoms with E-state index in [4.69, 9.17) is 0 Å². The van der Waals surface area contributed by atoms with Crippen molar-refractivity contribution in [3.8, 4) is 0 Å². The molecule has 0 radical (unpaired) electrons. The molecule has 2 saturated carbocycles. The number of ketones is 1. The minimum Gasteiger partial charge on any atom is -0.295 e. The molecule has 0 saturated heterocycles. The van der Waals surface area contributed by atoms with E-state index in [1.54, 1.807) is 5.57 Å². The molecule has 1 heteroatoms. The molecule has 4 rings (SSSR count). The van der Waals surface area contributed by atoms with Crippen LogP contribution in [-0.4, -0.2) is 5.78 Å². The minimum absolute atomic E-state index is 0.380. The molecule has 0 aromatic heterocycles. The average molecular weight is 256 g/mol. The Hall–Kier alpha value is -0.850. The molecule has 0 spiro atoms. The molecular formula is C18H24O. The zero-order chi connectivity index (χ0) is 13.0. The number of allylic oxidation sites excluding steroid dienone is 4. The lowest BCUT2D eigenvalue weighted by molar-refractivity contribution is -0.115. The summed E-state index contributed by atoms with van der Waals surface area (Å²) in [7, 11) is 0. The van der Waals surface area contributed by atoms with Crippen LogP contribution in [0, 0.1) is 23.2 Å². The molecule has 0 bridgehead atoms. The number of fused-ring (bicyclic) bond motifs is 5. The Labute approximate surface area is 116 Å². The van der Waals surface area contributed by atoms with Gasteiger partial charge >= 0.3 is 0 Å². The van der Waals surface area contributed by atoms with Crippen LogP contribution < -0.4 is 0 Å². The van der Waals surface area contributed by atoms with Gasteiger partial charge in [0.25, 0.3) is 0 Å². The molecule has 102 valence electrons. The molecule has 2 fully saturated rings. The van der Waals surface area contributed by atoms with Crippen LogP contribution in [0.25, 0.3) is 0 Å². The van der Waals surface area contributed by atoms with Gasteiger partial charge in [-0.2, -0.15) is 0 Å². The van der Waals surface area contributed by atoms with E-state index in [0.717, 1.165) is 30.6 Å². The van der Waals surface area contributed by atoms with E-state index < -0.39 is 0 Å². The van der Waals surface area contributed by atoms with Crippen LogP contribution in [0.1, 0.15) is 58.3 Å². The molecular weight excluding hydrogens is 232 g/mol. The van der Waals surface area contributed by atoms with Gasteiger partial charge in [-0.25, -0.2) is 0 Å². The highest BCUT2D eigenvalue weighted by molar-refractivity contribution is 5.91. The summed E-state index contributed by atoms with van der Waals surface area (Å²) in [6, 6.07) is 0. The van der Waals surface area contributed by atoms with E-state index in [2.05, 4.69) is 13.0 Å². The summed E-state index contributed by atoms with van der Waals surface area (Å²) in [5.74, 6) is 2.81. The zero-order valence-electron chi connectivity index (χ0n) is 12.0. The van der Waals surface area contributed by atoms with Crippen LogP contribution in [0.2, 0.25) is 0 Å². The third-order valence-corrected chi connectivity index (χ3v) is 6.49. The summed E-state index contributed by atoms with van der Waals surface area (Å²) in [6.07, 6.45) is 14.5. The molecule has 4 atom stereocenters. The third kappa shape index (κ3) is 1.70. The fourth-order valence-electron chi connectivity index (χ4n) is 5.51. The lowest BCUT2D eigenvalue weighted by Gasteiger charge is -2.50. The Morgan fingerprint density at radius 3 is 2.84 bits per heavy atom. The van der Waals surface area contributed by atoms with E-state index in [9.17, 15) is 4.79 Å². The van der Waals surface area contributed by atoms with Gasteiger partial charge in [0.1, 0.15) is 0 Å². The summed E-state index contributed by atoms with van der Waals surface area (Å²) in [4.78, 5) is 11.6. The molecule has 0 aromatic rings. The molecule has 1 nitrogen and oxygen atoms in total. The predicted molar refractivity (Wildman–Crippen MR) is 76.7 cm³/mol. The first-order valence-corrected chi connectivity index (χ1v) is 8.11. The van der Waals surface area contributed by atoms with Gasteiger partial charge in [-0.3, -0.25) is 4.79 Å². The molecule has 0 amide bonds. The average Bonchev–Trinajstić information content (AvgIpc) is 2.79. The molecule has 19 heavy (non-hydrogen) atoms. The molecule has 0 heterocycles. The first-order valence-electron chi connectivity index (χ1n) is 8.11. The van der Waals surface area contributed by atoms with Gasteiger partial charge in [0.2, 0.25) is 0 Å². The Balaban J connectivity index is 1.67. The van der Waals surface area contributed by atoms with Crippen LogP contribution in [0.4, 0.5) is 0 Å². The van der Waals surface area contributed by atoms with Gasteiger partial charge in [0.05, 0.1) is 0 Å². The SMILES string of the molecule is C[C@@]12CCC=C1[C@@H]1CCC3=CC(=O)CC[C@@H]3[C@H]1CC2. The van der Waals surface area contributed by atoms with Crippen molar-refractivity contribution in [2.45, 2.75) is 58.3 Å². The van der Waals surface area contributed by atoms with Crippen LogP contribution in [0.3, 0.4) is 0 Å². The van der Waals surface area contributed by atoms with Crippen molar-refractivity contribution in [2.75, 3.05) is 0 Å². The largest absolute Gasteiger partial charge is 0.295 e. The number of hydrogen-bond acceptors (Lipinski definition) is 1. The highest BCUT2D eigenvalue weighted by Gasteiger charge is 2.48. The number of hydrogen-bond donors (Lipinski definition) is 0. The van der Waals surface area contributed by atoms with Gasteiger partial charge in [-0.15, -0.1) is 0 Å². The summed E-state index contributed by atoms with van der Waals surface area (Å²) in [5, 5.41) is 0. The predicted octanol–water partition coefficient (Wildman–Crippen LogP) is 4.44. The minimum atomic E-state index is 0.380. The van der Waals surface area contributed by atoms with Crippen LogP contribution >= 0.6 is 0 Å². The molecule has 0 aliphatic heterocycles. The van der Waals surface area contributed by atoms with Crippen molar-refractivity contribution in [3.05, 3.63) is 23.3 Å². The normalized spacial score (nSPS) is 44.9. The summed E-state index contributed by atoms with van der Waals surface area (Å²) < 4.78 is 0. The second-order valence-electron chi connectivity index (χ2n) is 7.44. The van der Waals surface area contributed by atoms with Crippen LogP contribution in [0.15, 0.2) is 23.3 Å². The van der Waals surface area contributed by atoms with Gasteiger partial charge in [0.15, 0.2) is 5.78 Å². The van der Waals surface area contributed by atoms with Crippen molar-refractivity contribution in [1.82, 2.24) is 0 Å². The maximum absolute atomic E-state index is 11.6. The highest BCUT2D eigenvalue weighted by Crippen LogP contribution is 2.59. The second-order valence-corrected chi connectivity index (χ2v) is 7.44. The standard InChI is InChI=1S/C18H24O/c1-18-9-2-3-17(18)16-6-4-12-11-13(19)5-7-14(12)15(16)8-10-18/h3,11,14-16H,2,4-10H2,1H3/t14-,15+,16+,18-/m0/s1. The number of carbonyl (C=O) groups excluding carboxylic acids is 1. The quantitative estimate of drug-likeness (QED) is 0.586. The van der Waals surface area contributed by atoms with Crippen molar-refractivity contribution in [1.29, 1.82) is 0 Å². The zero-order valence-corrected chi connectivity index (χ0v) is 12.0. The Morgan fingerprint density at radius 2 is 1.95 bits per heavy atom. The fourth-order valence-corrected chi connectivity index (χ4v) is 5.51. The lowest BCUT2D eigenvalue weighted by Crippen LogP contribution is -2.40. The van der Waals surface area contributed by atoms with E-state index in [1.165, 1.54) is 44.1 Å².